The molecule has 0 aliphatic heterocycles. The molecule has 1 unspecified atom stereocenters. The van der Waals surface area contributed by atoms with Crippen LogP contribution in [0.3, 0.4) is 0 Å². The van der Waals surface area contributed by atoms with Gasteiger partial charge in [-0.2, -0.15) is 0 Å². The lowest BCUT2D eigenvalue weighted by atomic mass is 9.97. The van der Waals surface area contributed by atoms with Crippen molar-refractivity contribution in [3.8, 4) is 5.75 Å². The quantitative estimate of drug-likeness (QED) is 0.683. The van der Waals surface area contributed by atoms with Crippen molar-refractivity contribution < 1.29 is 14.9 Å². The van der Waals surface area contributed by atoms with E-state index in [0.29, 0.717) is 31.7 Å². The van der Waals surface area contributed by atoms with E-state index in [1.807, 2.05) is 39.0 Å². The van der Waals surface area contributed by atoms with Gasteiger partial charge in [0.2, 0.25) is 0 Å². The van der Waals surface area contributed by atoms with Gasteiger partial charge < -0.3 is 20.3 Å². The lowest BCUT2D eigenvalue weighted by Gasteiger charge is -2.26. The molecular weight excluding hydrogens is 254 g/mol. The highest BCUT2D eigenvalue weighted by Crippen LogP contribution is 2.26. The van der Waals surface area contributed by atoms with E-state index in [2.05, 4.69) is 5.32 Å². The fourth-order valence-corrected chi connectivity index (χ4v) is 2.17. The Morgan fingerprint density at radius 1 is 1.30 bits per heavy atom. The fraction of sp³-hybridized carbons (Fsp3) is 0.625. The Bertz CT molecular complexity index is 416. The fourth-order valence-electron chi connectivity index (χ4n) is 2.17. The van der Waals surface area contributed by atoms with Crippen molar-refractivity contribution in [1.82, 2.24) is 5.32 Å². The second-order valence-electron chi connectivity index (χ2n) is 5.32. The molecule has 0 saturated carbocycles. The molecule has 0 amide bonds. The van der Waals surface area contributed by atoms with E-state index in [1.165, 1.54) is 0 Å². The largest absolute Gasteiger partial charge is 0.496 e. The summed E-state index contributed by atoms with van der Waals surface area (Å²) in [6.45, 7) is 6.78. The molecule has 0 aliphatic rings. The molecule has 1 atom stereocenters. The third-order valence-electron chi connectivity index (χ3n) is 3.85. The summed E-state index contributed by atoms with van der Waals surface area (Å²) in [6, 6.07) is 5.74. The molecule has 1 aromatic carbocycles. The van der Waals surface area contributed by atoms with Gasteiger partial charge in [-0.3, -0.25) is 0 Å². The monoisotopic (exact) mass is 281 g/mol. The van der Waals surface area contributed by atoms with E-state index in [0.717, 1.165) is 11.1 Å². The van der Waals surface area contributed by atoms with Crippen LogP contribution < -0.4 is 10.1 Å². The molecule has 4 nitrogen and oxygen atoms in total. The Morgan fingerprint density at radius 2 is 1.95 bits per heavy atom. The van der Waals surface area contributed by atoms with Crippen molar-refractivity contribution in [2.24, 2.45) is 0 Å². The number of aliphatic hydroxyl groups is 2. The van der Waals surface area contributed by atoms with Crippen LogP contribution in [0, 0.1) is 6.92 Å². The third-order valence-corrected chi connectivity index (χ3v) is 3.85. The minimum absolute atomic E-state index is 0.391. The van der Waals surface area contributed by atoms with Gasteiger partial charge in [-0.1, -0.05) is 25.5 Å². The lowest BCUT2D eigenvalue weighted by molar-refractivity contribution is 0.0292. The second-order valence-corrected chi connectivity index (χ2v) is 5.32. The molecule has 0 heterocycles. The van der Waals surface area contributed by atoms with Crippen LogP contribution >= 0.6 is 0 Å². The first kappa shape index (κ1) is 17.0. The van der Waals surface area contributed by atoms with Crippen LogP contribution in [0.1, 0.15) is 43.9 Å². The summed E-state index contributed by atoms with van der Waals surface area (Å²) in [4.78, 5) is 0. The minimum Gasteiger partial charge on any atom is -0.496 e. The average Bonchev–Trinajstić information content (AvgIpc) is 2.46. The van der Waals surface area contributed by atoms with Gasteiger partial charge in [-0.25, -0.2) is 0 Å². The van der Waals surface area contributed by atoms with Gasteiger partial charge in [-0.05, 0) is 31.9 Å². The van der Waals surface area contributed by atoms with Crippen molar-refractivity contribution in [2.75, 3.05) is 20.2 Å². The zero-order valence-corrected chi connectivity index (χ0v) is 12.9. The minimum atomic E-state index is -0.698. The van der Waals surface area contributed by atoms with E-state index in [4.69, 9.17) is 4.74 Å². The highest BCUT2D eigenvalue weighted by Gasteiger charge is 2.22. The van der Waals surface area contributed by atoms with Gasteiger partial charge in [0.05, 0.1) is 18.8 Å². The second kappa shape index (κ2) is 7.62. The van der Waals surface area contributed by atoms with E-state index in [-0.39, 0.29) is 0 Å². The molecule has 0 aliphatic carbocycles. The Balaban J connectivity index is 2.63. The first-order chi connectivity index (χ1) is 9.45. The number of aliphatic hydroxyl groups excluding tert-OH is 1. The first-order valence-electron chi connectivity index (χ1n) is 7.21. The number of methoxy groups -OCH3 is 1. The number of rotatable bonds is 8. The van der Waals surface area contributed by atoms with Gasteiger partial charge in [0.15, 0.2) is 0 Å². The molecule has 1 aromatic rings. The highest BCUT2D eigenvalue weighted by atomic mass is 16.5. The van der Waals surface area contributed by atoms with Gasteiger partial charge in [0.1, 0.15) is 5.75 Å². The maximum Gasteiger partial charge on any atom is 0.124 e. The first-order valence-corrected chi connectivity index (χ1v) is 7.21. The van der Waals surface area contributed by atoms with Crippen molar-refractivity contribution in [2.45, 2.75) is 45.3 Å². The predicted molar refractivity (Wildman–Crippen MR) is 81.1 cm³/mol. The number of ether oxygens (including phenoxy) is 1. The Hall–Kier alpha value is -1.10. The summed E-state index contributed by atoms with van der Waals surface area (Å²) in [7, 11) is 1.60. The molecule has 4 heteroatoms. The van der Waals surface area contributed by atoms with E-state index in [1.54, 1.807) is 7.11 Å². The summed E-state index contributed by atoms with van der Waals surface area (Å²) in [5, 5.41) is 23.6. The molecule has 0 saturated heterocycles. The van der Waals surface area contributed by atoms with Crippen molar-refractivity contribution in [3.05, 3.63) is 29.3 Å². The number of benzene rings is 1. The van der Waals surface area contributed by atoms with E-state index < -0.39 is 11.7 Å². The highest BCUT2D eigenvalue weighted by molar-refractivity contribution is 5.38. The van der Waals surface area contributed by atoms with Crippen LogP contribution in [-0.4, -0.2) is 36.0 Å². The summed E-state index contributed by atoms with van der Waals surface area (Å²) >= 11 is 0. The Labute approximate surface area is 121 Å². The van der Waals surface area contributed by atoms with Crippen LogP contribution in [0.15, 0.2) is 18.2 Å². The topological polar surface area (TPSA) is 61.7 Å². The van der Waals surface area contributed by atoms with Gasteiger partial charge in [-0.15, -0.1) is 0 Å². The van der Waals surface area contributed by atoms with Crippen LogP contribution in [0.25, 0.3) is 0 Å². The van der Waals surface area contributed by atoms with Gasteiger partial charge in [0, 0.05) is 18.7 Å². The van der Waals surface area contributed by atoms with Crippen LogP contribution in [0.2, 0.25) is 0 Å². The maximum atomic E-state index is 10.3. The SMILES string of the molecule is CCC(O)(CC)CNCC(O)c1cc(C)ccc1OC. The summed E-state index contributed by atoms with van der Waals surface area (Å²) in [5.41, 5.74) is 1.16. The molecule has 0 radical (unpaired) electrons. The molecule has 0 aromatic heterocycles. The zero-order chi connectivity index (χ0) is 15.2. The number of hydrogen-bond donors (Lipinski definition) is 3. The van der Waals surface area contributed by atoms with Gasteiger partial charge in [0.25, 0.3) is 0 Å². The molecular formula is C16H27NO3. The van der Waals surface area contributed by atoms with Crippen LogP contribution in [0.5, 0.6) is 5.75 Å². The Kier molecular flexibility index (Phi) is 6.46. The molecule has 0 fully saturated rings. The molecule has 20 heavy (non-hydrogen) atoms. The number of aryl methyl sites for hydroxylation is 1. The van der Waals surface area contributed by atoms with E-state index >= 15 is 0 Å². The average molecular weight is 281 g/mol. The summed E-state index contributed by atoms with van der Waals surface area (Å²) in [5.74, 6) is 0.686. The third kappa shape index (κ3) is 4.47. The van der Waals surface area contributed by atoms with Crippen molar-refractivity contribution in [3.63, 3.8) is 0 Å². The number of hydrogen-bond acceptors (Lipinski definition) is 4. The Morgan fingerprint density at radius 3 is 2.50 bits per heavy atom. The maximum absolute atomic E-state index is 10.3. The normalized spacial score (nSPS) is 13.3. The standard InChI is InChI=1S/C16H27NO3/c1-5-16(19,6-2)11-17-10-14(18)13-9-12(3)7-8-15(13)20-4/h7-9,14,17-19H,5-6,10-11H2,1-4H3. The summed E-state index contributed by atoms with van der Waals surface area (Å²) in [6.07, 6.45) is 0.739. The lowest BCUT2D eigenvalue weighted by Crippen LogP contribution is -2.40. The molecule has 0 spiro atoms. The van der Waals surface area contributed by atoms with Gasteiger partial charge >= 0.3 is 0 Å². The van der Waals surface area contributed by atoms with Crippen LogP contribution in [-0.2, 0) is 0 Å². The molecule has 1 rings (SSSR count). The molecule has 0 bridgehead atoms. The predicted octanol–water partition coefficient (Wildman–Crippen LogP) is 2.18. The smallest absolute Gasteiger partial charge is 0.124 e. The molecule has 3 N–H and O–H groups in total. The van der Waals surface area contributed by atoms with E-state index in [9.17, 15) is 10.2 Å². The van der Waals surface area contributed by atoms with Crippen molar-refractivity contribution in [1.29, 1.82) is 0 Å². The molecule has 114 valence electrons. The van der Waals surface area contributed by atoms with Crippen molar-refractivity contribution >= 4 is 0 Å². The summed E-state index contributed by atoms with van der Waals surface area (Å²) < 4.78 is 5.27. The van der Waals surface area contributed by atoms with Crippen LogP contribution in [0.4, 0.5) is 0 Å². The zero-order valence-electron chi connectivity index (χ0n) is 12.9. The number of nitrogens with one attached hydrogen (secondary N) is 1.